The van der Waals surface area contributed by atoms with Gasteiger partial charge in [0, 0.05) is 6.61 Å². The van der Waals surface area contributed by atoms with Gasteiger partial charge in [0.1, 0.15) is 5.75 Å². The van der Waals surface area contributed by atoms with Crippen LogP contribution in [0.4, 0.5) is 0 Å². The Morgan fingerprint density at radius 3 is 2.32 bits per heavy atom. The number of rotatable bonds is 10. The molecule has 1 heterocycles. The van der Waals surface area contributed by atoms with Crippen molar-refractivity contribution in [1.82, 2.24) is 0 Å². The van der Waals surface area contributed by atoms with E-state index in [4.69, 9.17) is 9.47 Å². The molecule has 0 N–H and O–H groups in total. The van der Waals surface area contributed by atoms with Gasteiger partial charge >= 0.3 is 0 Å². The van der Waals surface area contributed by atoms with E-state index in [0.29, 0.717) is 6.10 Å². The van der Waals surface area contributed by atoms with Crippen molar-refractivity contribution in [3.63, 3.8) is 0 Å². The molecule has 1 aliphatic heterocycles. The normalized spacial score (nSPS) is 18.0. The van der Waals surface area contributed by atoms with Crippen LogP contribution >= 0.6 is 0 Å². The highest BCUT2D eigenvalue weighted by molar-refractivity contribution is 5.20. The average Bonchev–Trinajstić information content (AvgIpc) is 2.40. The highest BCUT2D eigenvalue weighted by Gasteiger charge is 2.16. The van der Waals surface area contributed by atoms with E-state index < -0.39 is 0 Å². The van der Waals surface area contributed by atoms with Crippen LogP contribution < -0.4 is 4.74 Å². The van der Waals surface area contributed by atoms with Gasteiger partial charge in [-0.1, -0.05) is 50.3 Å². The van der Waals surface area contributed by atoms with Gasteiger partial charge in [0.15, 0.2) is 0 Å². The summed E-state index contributed by atoms with van der Waals surface area (Å²) in [7, 11) is 0. The highest BCUT2D eigenvalue weighted by atomic mass is 16.5. The lowest BCUT2D eigenvalue weighted by molar-refractivity contribution is -0.0555. The maximum Gasteiger partial charge on any atom is 0.119 e. The molecule has 1 aromatic rings. The van der Waals surface area contributed by atoms with Crippen LogP contribution in [0.5, 0.6) is 5.75 Å². The Labute approximate surface area is 117 Å². The van der Waals surface area contributed by atoms with E-state index >= 15 is 0 Å². The SMILES string of the molecule is c1ccc(OCCCCCCCCC2CCO2)cc1. The zero-order valence-corrected chi connectivity index (χ0v) is 11.9. The lowest BCUT2D eigenvalue weighted by Crippen LogP contribution is -2.26. The Kier molecular flexibility index (Phi) is 6.80. The third kappa shape index (κ3) is 6.11. The molecule has 0 aromatic heterocycles. The molecule has 106 valence electrons. The summed E-state index contributed by atoms with van der Waals surface area (Å²) in [5, 5.41) is 0. The lowest BCUT2D eigenvalue weighted by atomic mass is 10.0. The molecule has 0 saturated carbocycles. The van der Waals surface area contributed by atoms with Crippen LogP contribution in [-0.2, 0) is 4.74 Å². The van der Waals surface area contributed by atoms with E-state index in [0.717, 1.165) is 19.0 Å². The quantitative estimate of drug-likeness (QED) is 0.574. The van der Waals surface area contributed by atoms with Crippen molar-refractivity contribution < 1.29 is 9.47 Å². The number of para-hydroxylation sites is 1. The van der Waals surface area contributed by atoms with Gasteiger partial charge < -0.3 is 9.47 Å². The molecule has 0 bridgehead atoms. The maximum absolute atomic E-state index is 5.67. The minimum Gasteiger partial charge on any atom is -0.494 e. The van der Waals surface area contributed by atoms with Crippen LogP contribution in [0.3, 0.4) is 0 Å². The second-order valence-corrected chi connectivity index (χ2v) is 5.35. The topological polar surface area (TPSA) is 18.5 Å². The molecule has 1 atom stereocenters. The number of hydrogen-bond donors (Lipinski definition) is 0. The predicted octanol–water partition coefficient (Wildman–Crippen LogP) is 4.59. The van der Waals surface area contributed by atoms with E-state index in [1.54, 1.807) is 0 Å². The summed E-state index contributed by atoms with van der Waals surface area (Å²) in [6.07, 6.45) is 11.0. The molecular weight excluding hydrogens is 236 g/mol. The van der Waals surface area contributed by atoms with Crippen LogP contribution in [0.1, 0.15) is 51.4 Å². The fraction of sp³-hybridized carbons (Fsp3) is 0.647. The van der Waals surface area contributed by atoms with Gasteiger partial charge in [-0.3, -0.25) is 0 Å². The summed E-state index contributed by atoms with van der Waals surface area (Å²) in [5.41, 5.74) is 0. The van der Waals surface area contributed by atoms with Crippen LogP contribution in [0.2, 0.25) is 0 Å². The van der Waals surface area contributed by atoms with Crippen LogP contribution in [0.25, 0.3) is 0 Å². The Morgan fingerprint density at radius 1 is 0.947 bits per heavy atom. The van der Waals surface area contributed by atoms with Crippen molar-refractivity contribution in [1.29, 1.82) is 0 Å². The Hall–Kier alpha value is -1.02. The van der Waals surface area contributed by atoms with E-state index in [1.165, 1.54) is 51.4 Å². The van der Waals surface area contributed by atoms with Gasteiger partial charge in [-0.15, -0.1) is 0 Å². The molecule has 19 heavy (non-hydrogen) atoms. The molecule has 1 unspecified atom stereocenters. The Balaban J connectivity index is 1.34. The molecule has 1 saturated heterocycles. The fourth-order valence-corrected chi connectivity index (χ4v) is 2.40. The third-order valence-electron chi connectivity index (χ3n) is 3.73. The third-order valence-corrected chi connectivity index (χ3v) is 3.73. The van der Waals surface area contributed by atoms with E-state index in [2.05, 4.69) is 0 Å². The molecule has 0 spiro atoms. The van der Waals surface area contributed by atoms with Crippen molar-refractivity contribution in [3.8, 4) is 5.75 Å². The predicted molar refractivity (Wildman–Crippen MR) is 78.6 cm³/mol. The first kappa shape index (κ1) is 14.4. The molecule has 0 radical (unpaired) electrons. The molecular formula is C17H26O2. The van der Waals surface area contributed by atoms with Crippen molar-refractivity contribution in [2.75, 3.05) is 13.2 Å². The van der Waals surface area contributed by atoms with Gasteiger partial charge in [-0.05, 0) is 31.4 Å². The zero-order chi connectivity index (χ0) is 13.2. The monoisotopic (exact) mass is 262 g/mol. The second kappa shape index (κ2) is 8.98. The summed E-state index contributed by atoms with van der Waals surface area (Å²) in [6.45, 7) is 1.84. The second-order valence-electron chi connectivity index (χ2n) is 5.35. The van der Waals surface area contributed by atoms with E-state index in [1.807, 2.05) is 30.3 Å². The zero-order valence-electron chi connectivity index (χ0n) is 11.9. The molecule has 0 aliphatic carbocycles. The fourth-order valence-electron chi connectivity index (χ4n) is 2.40. The molecule has 1 aliphatic rings. The maximum atomic E-state index is 5.67. The number of benzene rings is 1. The summed E-state index contributed by atoms with van der Waals surface area (Å²) in [4.78, 5) is 0. The average molecular weight is 262 g/mol. The molecule has 1 fully saturated rings. The number of hydrogen-bond acceptors (Lipinski definition) is 2. The molecule has 1 aromatic carbocycles. The van der Waals surface area contributed by atoms with Crippen LogP contribution in [0, 0.1) is 0 Å². The largest absolute Gasteiger partial charge is 0.494 e. The highest BCUT2D eigenvalue weighted by Crippen LogP contribution is 2.18. The summed E-state index contributed by atoms with van der Waals surface area (Å²) in [6, 6.07) is 10.1. The number of unbranched alkanes of at least 4 members (excludes halogenated alkanes) is 5. The first-order chi connectivity index (χ1) is 9.45. The summed E-state index contributed by atoms with van der Waals surface area (Å²) in [5.74, 6) is 0.989. The van der Waals surface area contributed by atoms with Crippen molar-refractivity contribution in [3.05, 3.63) is 30.3 Å². The van der Waals surface area contributed by atoms with Gasteiger partial charge in [0.2, 0.25) is 0 Å². The molecule has 0 amide bonds. The van der Waals surface area contributed by atoms with Gasteiger partial charge in [-0.25, -0.2) is 0 Å². The first-order valence-electron chi connectivity index (χ1n) is 7.74. The van der Waals surface area contributed by atoms with Gasteiger partial charge in [-0.2, -0.15) is 0 Å². The smallest absolute Gasteiger partial charge is 0.119 e. The number of ether oxygens (including phenoxy) is 2. The molecule has 2 rings (SSSR count). The minimum absolute atomic E-state index is 0.597. The summed E-state index contributed by atoms with van der Waals surface area (Å²) < 4.78 is 11.1. The van der Waals surface area contributed by atoms with Crippen molar-refractivity contribution in [2.45, 2.75) is 57.5 Å². The first-order valence-corrected chi connectivity index (χ1v) is 7.74. The lowest BCUT2D eigenvalue weighted by Gasteiger charge is -2.26. The summed E-state index contributed by atoms with van der Waals surface area (Å²) >= 11 is 0. The van der Waals surface area contributed by atoms with E-state index in [-0.39, 0.29) is 0 Å². The van der Waals surface area contributed by atoms with Gasteiger partial charge in [0.25, 0.3) is 0 Å². The van der Waals surface area contributed by atoms with Crippen molar-refractivity contribution >= 4 is 0 Å². The van der Waals surface area contributed by atoms with Crippen molar-refractivity contribution in [2.24, 2.45) is 0 Å². The van der Waals surface area contributed by atoms with Gasteiger partial charge in [0.05, 0.1) is 12.7 Å². The Bertz CT molecular complexity index is 319. The molecule has 2 heteroatoms. The van der Waals surface area contributed by atoms with E-state index in [9.17, 15) is 0 Å². The standard InChI is InChI=1S/C17H26O2/c1(3-6-12-17-13-15-19-17)2-4-9-14-18-16-10-7-5-8-11-16/h5,7-8,10-11,17H,1-4,6,9,12-15H2. The molecule has 2 nitrogen and oxygen atoms in total. The Morgan fingerprint density at radius 2 is 1.63 bits per heavy atom. The minimum atomic E-state index is 0.597. The van der Waals surface area contributed by atoms with Crippen LogP contribution in [0.15, 0.2) is 30.3 Å². The van der Waals surface area contributed by atoms with Crippen LogP contribution in [-0.4, -0.2) is 19.3 Å².